The molecule has 1 aromatic carbocycles. The van der Waals surface area contributed by atoms with Crippen LogP contribution in [0.2, 0.25) is 19.1 Å². The van der Waals surface area contributed by atoms with Gasteiger partial charge in [-0.15, -0.1) is 0 Å². The highest BCUT2D eigenvalue weighted by molar-refractivity contribution is 6.71. The van der Waals surface area contributed by atoms with Gasteiger partial charge in [0.15, 0.2) is 8.32 Å². The molecule has 1 saturated heterocycles. The molecule has 0 atom stereocenters. The van der Waals surface area contributed by atoms with E-state index < -0.39 is 8.32 Å². The summed E-state index contributed by atoms with van der Waals surface area (Å²) in [5.41, 5.74) is 2.76. The maximum absolute atomic E-state index is 6.37. The Hall–Kier alpha value is -0.803. The summed E-state index contributed by atoms with van der Waals surface area (Å²) in [6.45, 7) is 12.4. The molecule has 1 aliphatic heterocycles. The summed E-state index contributed by atoms with van der Waals surface area (Å²) >= 11 is 0. The lowest BCUT2D eigenvalue weighted by Gasteiger charge is -2.31. The molecule has 1 fully saturated rings. The molecule has 0 aromatic heterocycles. The fourth-order valence-electron chi connectivity index (χ4n) is 3.39. The number of rotatable bonds is 6. The van der Waals surface area contributed by atoms with Crippen LogP contribution < -0.4 is 4.90 Å². The van der Waals surface area contributed by atoms with E-state index in [1.165, 1.54) is 49.6 Å². The van der Waals surface area contributed by atoms with E-state index in [0.29, 0.717) is 0 Å². The van der Waals surface area contributed by atoms with Gasteiger partial charge in [-0.3, -0.25) is 0 Å². The van der Waals surface area contributed by atoms with Crippen molar-refractivity contribution in [3.8, 4) is 0 Å². The van der Waals surface area contributed by atoms with Crippen molar-refractivity contribution in [2.75, 3.05) is 18.0 Å². The largest absolute Gasteiger partial charge is 0.413 e. The Bertz CT molecular complexity index is 439. The molecule has 0 radical (unpaired) electrons. The average Bonchev–Trinajstić information content (AvgIpc) is 2.45. The van der Waals surface area contributed by atoms with E-state index in [1.54, 1.807) is 0 Å². The topological polar surface area (TPSA) is 12.5 Å². The van der Waals surface area contributed by atoms with Crippen molar-refractivity contribution >= 4 is 14.0 Å². The maximum Gasteiger partial charge on any atom is 0.187 e. The lowest BCUT2D eigenvalue weighted by molar-refractivity contribution is 0.291. The van der Waals surface area contributed by atoms with Gasteiger partial charge < -0.3 is 9.33 Å². The SMILES string of the molecule is CC(C)C[Si](C)(C)OCc1ccccc1N1CCCCC1. The van der Waals surface area contributed by atoms with Gasteiger partial charge >= 0.3 is 0 Å². The number of hydrogen-bond donors (Lipinski definition) is 0. The summed E-state index contributed by atoms with van der Waals surface area (Å²) in [6.07, 6.45) is 4.02. The first-order valence-corrected chi connectivity index (χ1v) is 11.6. The smallest absolute Gasteiger partial charge is 0.187 e. The summed E-state index contributed by atoms with van der Waals surface area (Å²) < 4.78 is 6.37. The normalized spacial score (nSPS) is 16.5. The molecule has 2 rings (SSSR count). The third-order valence-electron chi connectivity index (χ3n) is 4.21. The molecule has 0 spiro atoms. The van der Waals surface area contributed by atoms with E-state index in [4.69, 9.17) is 4.43 Å². The van der Waals surface area contributed by atoms with Crippen LogP contribution in [0.1, 0.15) is 38.7 Å². The van der Waals surface area contributed by atoms with Crippen molar-refractivity contribution in [3.63, 3.8) is 0 Å². The lowest BCUT2D eigenvalue weighted by atomic mass is 10.1. The Labute approximate surface area is 131 Å². The molecule has 1 heterocycles. The third-order valence-corrected chi connectivity index (χ3v) is 6.93. The molecule has 0 aliphatic carbocycles. The van der Waals surface area contributed by atoms with Crippen LogP contribution >= 0.6 is 0 Å². The Morgan fingerprint density at radius 2 is 1.76 bits per heavy atom. The summed E-state index contributed by atoms with van der Waals surface area (Å²) in [5.74, 6) is 0.726. The van der Waals surface area contributed by atoms with Gasteiger partial charge in [-0.2, -0.15) is 0 Å². The molecular weight excluding hydrogens is 274 g/mol. The minimum absolute atomic E-state index is 0.726. The number of hydrogen-bond acceptors (Lipinski definition) is 2. The third kappa shape index (κ3) is 5.15. The molecule has 2 nitrogen and oxygen atoms in total. The van der Waals surface area contributed by atoms with E-state index >= 15 is 0 Å². The van der Waals surface area contributed by atoms with Crippen molar-refractivity contribution in [2.24, 2.45) is 5.92 Å². The zero-order chi connectivity index (χ0) is 15.3. The van der Waals surface area contributed by atoms with Gasteiger partial charge in [-0.25, -0.2) is 0 Å². The Kier molecular flexibility index (Phi) is 5.88. The van der Waals surface area contributed by atoms with Crippen LogP contribution in [0.5, 0.6) is 0 Å². The van der Waals surface area contributed by atoms with Crippen LogP contribution in [0, 0.1) is 5.92 Å². The van der Waals surface area contributed by atoms with Crippen molar-refractivity contribution in [2.45, 2.75) is 58.9 Å². The summed E-state index contributed by atoms with van der Waals surface area (Å²) in [7, 11) is -1.54. The highest BCUT2D eigenvalue weighted by Gasteiger charge is 2.24. The second kappa shape index (κ2) is 7.46. The minimum atomic E-state index is -1.54. The Morgan fingerprint density at radius 1 is 1.10 bits per heavy atom. The second-order valence-electron chi connectivity index (χ2n) is 7.32. The standard InChI is InChI=1S/C18H31NOSi/c1-16(2)15-21(3,4)20-14-17-10-6-7-11-18(17)19-12-8-5-9-13-19/h6-7,10-11,16H,5,8-9,12-15H2,1-4H3. The van der Waals surface area contributed by atoms with E-state index in [1.807, 2.05) is 0 Å². The molecule has 1 aliphatic rings. The zero-order valence-electron chi connectivity index (χ0n) is 14.2. The first kappa shape index (κ1) is 16.6. The van der Waals surface area contributed by atoms with E-state index in [-0.39, 0.29) is 0 Å². The number of anilines is 1. The van der Waals surface area contributed by atoms with Gasteiger partial charge in [-0.1, -0.05) is 32.0 Å². The van der Waals surface area contributed by atoms with Crippen molar-refractivity contribution in [3.05, 3.63) is 29.8 Å². The van der Waals surface area contributed by atoms with Gasteiger partial charge in [0, 0.05) is 18.8 Å². The van der Waals surface area contributed by atoms with Crippen LogP contribution in [-0.2, 0) is 11.0 Å². The molecule has 0 unspecified atom stereocenters. The number of nitrogens with zero attached hydrogens (tertiary/aromatic N) is 1. The fraction of sp³-hybridized carbons (Fsp3) is 0.667. The number of piperidine rings is 1. The van der Waals surface area contributed by atoms with Gasteiger partial charge in [0.25, 0.3) is 0 Å². The first-order chi connectivity index (χ1) is 9.98. The predicted molar refractivity (Wildman–Crippen MR) is 94.4 cm³/mol. The summed E-state index contributed by atoms with van der Waals surface area (Å²) in [6, 6.07) is 10.0. The van der Waals surface area contributed by atoms with E-state index in [2.05, 4.69) is 56.1 Å². The Morgan fingerprint density at radius 3 is 2.43 bits per heavy atom. The van der Waals surface area contributed by atoms with Crippen LogP contribution in [0.15, 0.2) is 24.3 Å². The highest BCUT2D eigenvalue weighted by Crippen LogP contribution is 2.27. The monoisotopic (exact) mass is 305 g/mol. The number of benzene rings is 1. The van der Waals surface area contributed by atoms with Crippen molar-refractivity contribution in [1.82, 2.24) is 0 Å². The molecular formula is C18H31NOSi. The van der Waals surface area contributed by atoms with Gasteiger partial charge in [-0.05, 0) is 55.9 Å². The molecule has 1 aromatic rings. The van der Waals surface area contributed by atoms with Gasteiger partial charge in [0.2, 0.25) is 0 Å². The highest BCUT2D eigenvalue weighted by atomic mass is 28.4. The van der Waals surface area contributed by atoms with E-state index in [0.717, 1.165) is 12.5 Å². The molecule has 0 amide bonds. The quantitative estimate of drug-likeness (QED) is 0.682. The zero-order valence-corrected chi connectivity index (χ0v) is 15.2. The molecule has 0 saturated carbocycles. The van der Waals surface area contributed by atoms with Crippen molar-refractivity contribution in [1.29, 1.82) is 0 Å². The van der Waals surface area contributed by atoms with Crippen molar-refractivity contribution < 1.29 is 4.43 Å². The van der Waals surface area contributed by atoms with Crippen LogP contribution in [0.4, 0.5) is 5.69 Å². The van der Waals surface area contributed by atoms with Crippen LogP contribution in [-0.4, -0.2) is 21.4 Å². The lowest BCUT2D eigenvalue weighted by Crippen LogP contribution is -2.33. The van der Waals surface area contributed by atoms with Crippen LogP contribution in [0.25, 0.3) is 0 Å². The minimum Gasteiger partial charge on any atom is -0.413 e. The summed E-state index contributed by atoms with van der Waals surface area (Å²) in [5, 5.41) is 0. The summed E-state index contributed by atoms with van der Waals surface area (Å²) in [4.78, 5) is 2.54. The van der Waals surface area contributed by atoms with Gasteiger partial charge in [0.1, 0.15) is 0 Å². The molecule has 0 N–H and O–H groups in total. The number of para-hydroxylation sites is 1. The van der Waals surface area contributed by atoms with Gasteiger partial charge in [0.05, 0.1) is 6.61 Å². The maximum atomic E-state index is 6.37. The Balaban J connectivity index is 2.03. The average molecular weight is 306 g/mol. The molecule has 3 heteroatoms. The first-order valence-electron chi connectivity index (χ1n) is 8.45. The molecule has 21 heavy (non-hydrogen) atoms. The second-order valence-corrected chi connectivity index (χ2v) is 11.5. The van der Waals surface area contributed by atoms with Crippen LogP contribution in [0.3, 0.4) is 0 Å². The predicted octanol–water partition coefficient (Wildman–Crippen LogP) is 5.05. The molecule has 0 bridgehead atoms. The fourth-order valence-corrected chi connectivity index (χ4v) is 6.02. The molecule has 118 valence electrons. The van der Waals surface area contributed by atoms with E-state index in [9.17, 15) is 0 Å².